The molecule has 0 saturated heterocycles. The SMILES string of the molecule is CCC(CCO)(CNC(=O)OC(C)(C)C)C(=O)O. The second-order valence-corrected chi connectivity index (χ2v) is 5.27. The summed E-state index contributed by atoms with van der Waals surface area (Å²) in [6.45, 7) is 6.59. The van der Waals surface area contributed by atoms with Crippen LogP contribution in [0.3, 0.4) is 0 Å². The molecule has 18 heavy (non-hydrogen) atoms. The van der Waals surface area contributed by atoms with E-state index >= 15 is 0 Å². The first kappa shape index (κ1) is 16.7. The molecule has 6 nitrogen and oxygen atoms in total. The van der Waals surface area contributed by atoms with Crippen LogP contribution in [-0.2, 0) is 9.53 Å². The maximum absolute atomic E-state index is 11.5. The number of aliphatic carboxylic acids is 1. The second-order valence-electron chi connectivity index (χ2n) is 5.27. The van der Waals surface area contributed by atoms with E-state index in [4.69, 9.17) is 9.84 Å². The number of carboxylic acids is 1. The summed E-state index contributed by atoms with van der Waals surface area (Å²) in [6.07, 6.45) is -0.243. The third-order valence-corrected chi connectivity index (χ3v) is 2.69. The number of hydrogen-bond acceptors (Lipinski definition) is 4. The van der Waals surface area contributed by atoms with Gasteiger partial charge < -0.3 is 20.3 Å². The van der Waals surface area contributed by atoms with Crippen LogP contribution < -0.4 is 5.32 Å². The number of carboxylic acid groups (broad SMARTS) is 1. The summed E-state index contributed by atoms with van der Waals surface area (Å²) in [5.74, 6) is -1.03. The number of aliphatic hydroxyl groups excluding tert-OH is 1. The number of carbonyl (C=O) groups is 2. The molecule has 6 heteroatoms. The lowest BCUT2D eigenvalue weighted by molar-refractivity contribution is -0.149. The molecule has 0 aliphatic heterocycles. The Hall–Kier alpha value is -1.30. The van der Waals surface area contributed by atoms with Gasteiger partial charge in [0.15, 0.2) is 0 Å². The molecular formula is C12H23NO5. The Kier molecular flexibility index (Phi) is 6.11. The van der Waals surface area contributed by atoms with E-state index in [-0.39, 0.29) is 19.6 Å². The van der Waals surface area contributed by atoms with Gasteiger partial charge in [-0.25, -0.2) is 4.79 Å². The van der Waals surface area contributed by atoms with Crippen LogP contribution in [-0.4, -0.2) is 41.0 Å². The molecule has 0 radical (unpaired) electrons. The van der Waals surface area contributed by atoms with Gasteiger partial charge in [0, 0.05) is 13.2 Å². The van der Waals surface area contributed by atoms with E-state index in [2.05, 4.69) is 5.32 Å². The summed E-state index contributed by atoms with van der Waals surface area (Å²) >= 11 is 0. The van der Waals surface area contributed by atoms with Gasteiger partial charge in [-0.1, -0.05) is 6.92 Å². The Morgan fingerprint density at radius 2 is 1.83 bits per heavy atom. The normalized spacial score (nSPS) is 14.7. The van der Waals surface area contributed by atoms with Gasteiger partial charge in [-0.2, -0.15) is 0 Å². The van der Waals surface area contributed by atoms with Gasteiger partial charge in [0.1, 0.15) is 5.60 Å². The van der Waals surface area contributed by atoms with Gasteiger partial charge in [-0.15, -0.1) is 0 Å². The average Bonchev–Trinajstić information content (AvgIpc) is 2.21. The molecule has 1 unspecified atom stereocenters. The fraction of sp³-hybridized carbons (Fsp3) is 0.833. The third-order valence-electron chi connectivity index (χ3n) is 2.69. The van der Waals surface area contributed by atoms with Crippen LogP contribution >= 0.6 is 0 Å². The van der Waals surface area contributed by atoms with E-state index in [0.717, 1.165) is 0 Å². The van der Waals surface area contributed by atoms with Crippen LogP contribution in [0, 0.1) is 5.41 Å². The van der Waals surface area contributed by atoms with E-state index in [0.29, 0.717) is 6.42 Å². The predicted molar refractivity (Wildman–Crippen MR) is 66.3 cm³/mol. The summed E-state index contributed by atoms with van der Waals surface area (Å²) in [5, 5.41) is 20.6. The largest absolute Gasteiger partial charge is 0.481 e. The maximum Gasteiger partial charge on any atom is 0.407 e. The minimum Gasteiger partial charge on any atom is -0.481 e. The van der Waals surface area contributed by atoms with Crippen LogP contribution in [0.15, 0.2) is 0 Å². The van der Waals surface area contributed by atoms with E-state index < -0.39 is 23.1 Å². The van der Waals surface area contributed by atoms with E-state index in [9.17, 15) is 14.7 Å². The lowest BCUT2D eigenvalue weighted by atomic mass is 9.82. The molecule has 0 heterocycles. The van der Waals surface area contributed by atoms with Gasteiger partial charge in [0.05, 0.1) is 5.41 Å². The van der Waals surface area contributed by atoms with Crippen molar-refractivity contribution in [2.45, 2.75) is 46.1 Å². The molecule has 1 amide bonds. The molecule has 0 aromatic rings. The molecule has 0 aromatic carbocycles. The van der Waals surface area contributed by atoms with Gasteiger partial charge in [-0.3, -0.25) is 4.79 Å². The Labute approximate surface area is 107 Å². The second kappa shape index (κ2) is 6.58. The zero-order valence-electron chi connectivity index (χ0n) is 11.4. The topological polar surface area (TPSA) is 95.9 Å². The highest BCUT2D eigenvalue weighted by atomic mass is 16.6. The van der Waals surface area contributed by atoms with E-state index in [1.807, 2.05) is 0 Å². The van der Waals surface area contributed by atoms with Crippen molar-refractivity contribution in [3.63, 3.8) is 0 Å². The van der Waals surface area contributed by atoms with Crippen LogP contribution in [0.1, 0.15) is 40.5 Å². The molecule has 0 saturated carbocycles. The number of carbonyl (C=O) groups excluding carboxylic acids is 1. The molecule has 3 N–H and O–H groups in total. The Morgan fingerprint density at radius 1 is 1.28 bits per heavy atom. The van der Waals surface area contributed by atoms with E-state index in [1.165, 1.54) is 0 Å². The van der Waals surface area contributed by atoms with Crippen molar-refractivity contribution < 1.29 is 24.5 Å². The van der Waals surface area contributed by atoms with Crippen molar-refractivity contribution in [2.75, 3.05) is 13.2 Å². The number of hydrogen-bond donors (Lipinski definition) is 3. The highest BCUT2D eigenvalue weighted by Crippen LogP contribution is 2.25. The number of rotatable bonds is 6. The molecular weight excluding hydrogens is 238 g/mol. The highest BCUT2D eigenvalue weighted by Gasteiger charge is 2.37. The van der Waals surface area contributed by atoms with Crippen molar-refractivity contribution in [1.29, 1.82) is 0 Å². The van der Waals surface area contributed by atoms with Crippen LogP contribution in [0.2, 0.25) is 0 Å². The van der Waals surface area contributed by atoms with Gasteiger partial charge in [0.25, 0.3) is 0 Å². The summed E-state index contributed by atoms with van der Waals surface area (Å²) in [7, 11) is 0. The fourth-order valence-electron chi connectivity index (χ4n) is 1.49. The number of nitrogens with one attached hydrogen (secondary N) is 1. The first-order chi connectivity index (χ1) is 8.17. The molecule has 0 spiro atoms. The first-order valence-corrected chi connectivity index (χ1v) is 5.98. The minimum atomic E-state index is -1.15. The first-order valence-electron chi connectivity index (χ1n) is 5.98. The van der Waals surface area contributed by atoms with Gasteiger partial charge in [0.2, 0.25) is 0 Å². The fourth-order valence-corrected chi connectivity index (χ4v) is 1.49. The molecule has 0 aromatic heterocycles. The smallest absolute Gasteiger partial charge is 0.407 e. The van der Waals surface area contributed by atoms with Crippen molar-refractivity contribution in [2.24, 2.45) is 5.41 Å². The Morgan fingerprint density at radius 3 is 2.17 bits per heavy atom. The molecule has 1 atom stereocenters. The minimum absolute atomic E-state index is 0.0612. The van der Waals surface area contributed by atoms with Gasteiger partial charge >= 0.3 is 12.1 Å². The summed E-state index contributed by atoms with van der Waals surface area (Å²) < 4.78 is 5.03. The molecule has 0 rings (SSSR count). The van der Waals surface area contributed by atoms with Crippen LogP contribution in [0.4, 0.5) is 4.79 Å². The third kappa shape index (κ3) is 5.35. The molecule has 0 bridgehead atoms. The predicted octanol–water partition coefficient (Wildman–Crippen LogP) is 1.37. The molecule has 0 aliphatic rings. The summed E-state index contributed by atoms with van der Waals surface area (Å²) in [5.41, 5.74) is -1.77. The van der Waals surface area contributed by atoms with Crippen molar-refractivity contribution in [1.82, 2.24) is 5.32 Å². The van der Waals surface area contributed by atoms with Crippen molar-refractivity contribution >= 4 is 12.1 Å². The lowest BCUT2D eigenvalue weighted by Gasteiger charge is -2.28. The van der Waals surface area contributed by atoms with Crippen molar-refractivity contribution in [3.8, 4) is 0 Å². The average molecular weight is 261 g/mol. The zero-order valence-corrected chi connectivity index (χ0v) is 11.4. The van der Waals surface area contributed by atoms with Crippen LogP contribution in [0.25, 0.3) is 0 Å². The monoisotopic (exact) mass is 261 g/mol. The lowest BCUT2D eigenvalue weighted by Crippen LogP contribution is -2.44. The number of ether oxygens (including phenoxy) is 1. The Bertz CT molecular complexity index is 297. The van der Waals surface area contributed by atoms with Crippen molar-refractivity contribution in [3.05, 3.63) is 0 Å². The molecule has 0 aliphatic carbocycles. The summed E-state index contributed by atoms with van der Waals surface area (Å²) in [6, 6.07) is 0. The summed E-state index contributed by atoms with van der Waals surface area (Å²) in [4.78, 5) is 22.7. The molecule has 0 fully saturated rings. The van der Waals surface area contributed by atoms with E-state index in [1.54, 1.807) is 27.7 Å². The zero-order chi connectivity index (χ0) is 14.4. The highest BCUT2D eigenvalue weighted by molar-refractivity contribution is 5.76. The maximum atomic E-state index is 11.5. The quantitative estimate of drug-likeness (QED) is 0.671. The number of alkyl carbamates (subject to hydrolysis) is 1. The number of amides is 1. The van der Waals surface area contributed by atoms with Crippen LogP contribution in [0.5, 0.6) is 0 Å². The number of aliphatic hydroxyl groups is 1. The standard InChI is InChI=1S/C12H23NO5/c1-5-12(6-7-14,9(15)16)8-13-10(17)18-11(2,3)4/h14H,5-8H2,1-4H3,(H,13,17)(H,15,16). The Balaban J connectivity index is 4.53. The van der Waals surface area contributed by atoms with Gasteiger partial charge in [-0.05, 0) is 33.6 Å². The molecule has 106 valence electrons.